The Labute approximate surface area is 126 Å². The molecule has 2 aromatic rings. The molecule has 0 aromatic carbocycles. The Morgan fingerprint density at radius 3 is 3.23 bits per heavy atom. The van der Waals surface area contributed by atoms with Crippen molar-refractivity contribution in [2.75, 3.05) is 30.5 Å². The molecule has 0 atom stereocenters. The zero-order valence-corrected chi connectivity index (χ0v) is 12.0. The maximum absolute atomic E-state index is 11.5. The molecule has 0 spiro atoms. The number of hydroxylamine groups is 1. The number of hydrogen-bond donors (Lipinski definition) is 3. The minimum absolute atomic E-state index is 0.408. The number of hydrogen-bond acceptors (Lipinski definition) is 6. The maximum atomic E-state index is 11.5. The third kappa shape index (κ3) is 3.09. The largest absolute Gasteiger partial charge is 0.488 e. The number of urea groups is 1. The normalized spacial score (nSPS) is 13.2. The van der Waals surface area contributed by atoms with Gasteiger partial charge in [-0.2, -0.15) is 0 Å². The van der Waals surface area contributed by atoms with Gasteiger partial charge in [-0.1, -0.05) is 0 Å². The molecule has 0 aliphatic carbocycles. The average molecular weight is 304 g/mol. The summed E-state index contributed by atoms with van der Waals surface area (Å²) < 4.78 is 5.59. The Hall–Kier alpha value is -2.81. The predicted molar refractivity (Wildman–Crippen MR) is 78.5 cm³/mol. The number of ether oxygens (including phenoxy) is 1. The highest BCUT2D eigenvalue weighted by atomic mass is 16.6. The molecule has 2 aromatic heterocycles. The molecule has 0 saturated carbocycles. The van der Waals surface area contributed by atoms with Crippen LogP contribution in [0.1, 0.15) is 5.69 Å². The standard InChI is InChI=1S/C13H16N6O3/c1-21-18-13(20)17-11-3-2-10-12(16-11)19(4-5-22-10)7-9-6-14-8-15-9/h2-3,6,8H,4-5,7H2,1H3,(H,14,15)(H2,16,17,18,20). The van der Waals surface area contributed by atoms with Crippen LogP contribution >= 0.6 is 0 Å². The lowest BCUT2D eigenvalue weighted by atomic mass is 10.3. The molecule has 0 fully saturated rings. The van der Waals surface area contributed by atoms with E-state index in [1.54, 1.807) is 18.5 Å². The topological polar surface area (TPSA) is 104 Å². The smallest absolute Gasteiger partial charge is 0.344 e. The predicted octanol–water partition coefficient (Wildman–Crippen LogP) is 0.887. The number of nitrogens with one attached hydrogen (secondary N) is 3. The fraction of sp³-hybridized carbons (Fsp3) is 0.308. The Morgan fingerprint density at radius 2 is 2.45 bits per heavy atom. The van der Waals surface area contributed by atoms with Crippen molar-refractivity contribution in [1.82, 2.24) is 20.4 Å². The van der Waals surface area contributed by atoms with Gasteiger partial charge in [0.25, 0.3) is 0 Å². The van der Waals surface area contributed by atoms with Crippen LogP contribution in [0.2, 0.25) is 0 Å². The Morgan fingerprint density at radius 1 is 1.55 bits per heavy atom. The van der Waals surface area contributed by atoms with Crippen molar-refractivity contribution in [3.63, 3.8) is 0 Å². The van der Waals surface area contributed by atoms with E-state index in [4.69, 9.17) is 4.74 Å². The number of aromatic nitrogens is 3. The number of carbonyl (C=O) groups excluding carboxylic acids is 1. The van der Waals surface area contributed by atoms with Gasteiger partial charge in [0, 0.05) is 6.20 Å². The first-order chi connectivity index (χ1) is 10.8. The summed E-state index contributed by atoms with van der Waals surface area (Å²) in [6.45, 7) is 1.89. The molecule has 0 bridgehead atoms. The summed E-state index contributed by atoms with van der Waals surface area (Å²) >= 11 is 0. The summed E-state index contributed by atoms with van der Waals surface area (Å²) in [6.07, 6.45) is 3.47. The molecule has 1 aliphatic heterocycles. The molecule has 116 valence electrons. The van der Waals surface area contributed by atoms with Gasteiger partial charge in [-0.15, -0.1) is 0 Å². The van der Waals surface area contributed by atoms with E-state index in [0.717, 1.165) is 5.69 Å². The van der Waals surface area contributed by atoms with Gasteiger partial charge >= 0.3 is 6.03 Å². The van der Waals surface area contributed by atoms with Crippen molar-refractivity contribution in [3.05, 3.63) is 30.4 Å². The molecule has 3 rings (SSSR count). The van der Waals surface area contributed by atoms with E-state index in [1.807, 2.05) is 6.20 Å². The number of H-pyrrole nitrogens is 1. The van der Waals surface area contributed by atoms with Crippen LogP contribution in [0.25, 0.3) is 0 Å². The summed E-state index contributed by atoms with van der Waals surface area (Å²) in [4.78, 5) is 29.6. The van der Waals surface area contributed by atoms with Gasteiger partial charge in [-0.25, -0.2) is 20.2 Å². The first kappa shape index (κ1) is 14.1. The molecule has 0 unspecified atom stereocenters. The van der Waals surface area contributed by atoms with Crippen molar-refractivity contribution in [2.24, 2.45) is 0 Å². The van der Waals surface area contributed by atoms with Crippen LogP contribution in [-0.2, 0) is 11.4 Å². The number of carbonyl (C=O) groups is 1. The highest BCUT2D eigenvalue weighted by molar-refractivity contribution is 5.87. The van der Waals surface area contributed by atoms with Crippen LogP contribution in [-0.4, -0.2) is 41.2 Å². The second-order valence-electron chi connectivity index (χ2n) is 4.61. The molecule has 2 amide bonds. The van der Waals surface area contributed by atoms with Crippen molar-refractivity contribution in [1.29, 1.82) is 0 Å². The second-order valence-corrected chi connectivity index (χ2v) is 4.61. The quantitative estimate of drug-likeness (QED) is 0.725. The van der Waals surface area contributed by atoms with Crippen LogP contribution in [0, 0.1) is 0 Å². The van der Waals surface area contributed by atoms with Crippen molar-refractivity contribution in [2.45, 2.75) is 6.54 Å². The molecule has 3 heterocycles. The first-order valence-corrected chi connectivity index (χ1v) is 6.72. The monoisotopic (exact) mass is 304 g/mol. The lowest BCUT2D eigenvalue weighted by Crippen LogP contribution is -2.34. The Bertz CT molecular complexity index is 645. The van der Waals surface area contributed by atoms with Crippen molar-refractivity contribution >= 4 is 17.7 Å². The SMILES string of the molecule is CONC(=O)Nc1ccc2c(n1)N(Cc1c[nH]cn1)CCO2. The first-order valence-electron chi connectivity index (χ1n) is 6.72. The van der Waals surface area contributed by atoms with Gasteiger partial charge in [-0.05, 0) is 12.1 Å². The van der Waals surface area contributed by atoms with Crippen molar-refractivity contribution in [3.8, 4) is 5.75 Å². The van der Waals surface area contributed by atoms with E-state index in [1.165, 1.54) is 7.11 Å². The van der Waals surface area contributed by atoms with Crippen LogP contribution in [0.3, 0.4) is 0 Å². The van der Waals surface area contributed by atoms with E-state index >= 15 is 0 Å². The van der Waals surface area contributed by atoms with Gasteiger partial charge in [0.2, 0.25) is 0 Å². The highest BCUT2D eigenvalue weighted by Crippen LogP contribution is 2.31. The van der Waals surface area contributed by atoms with E-state index in [-0.39, 0.29) is 0 Å². The summed E-state index contributed by atoms with van der Waals surface area (Å²) in [7, 11) is 1.36. The highest BCUT2D eigenvalue weighted by Gasteiger charge is 2.21. The van der Waals surface area contributed by atoms with Gasteiger partial charge in [0.15, 0.2) is 11.6 Å². The molecule has 9 heteroatoms. The number of imidazole rings is 1. The van der Waals surface area contributed by atoms with Crippen LogP contribution < -0.4 is 20.4 Å². The van der Waals surface area contributed by atoms with E-state index in [9.17, 15) is 4.79 Å². The van der Waals surface area contributed by atoms with Crippen LogP contribution in [0.15, 0.2) is 24.7 Å². The summed E-state index contributed by atoms with van der Waals surface area (Å²) in [5, 5.41) is 2.58. The van der Waals surface area contributed by atoms with Crippen molar-refractivity contribution < 1.29 is 14.4 Å². The second kappa shape index (κ2) is 6.31. The summed E-state index contributed by atoms with van der Waals surface area (Å²) in [6, 6.07) is 2.96. The van der Waals surface area contributed by atoms with Crippen LogP contribution in [0.4, 0.5) is 16.4 Å². The van der Waals surface area contributed by atoms with Gasteiger partial charge < -0.3 is 14.6 Å². The molecule has 3 N–H and O–H groups in total. The number of nitrogens with zero attached hydrogens (tertiary/aromatic N) is 3. The third-order valence-corrected chi connectivity index (χ3v) is 3.10. The lowest BCUT2D eigenvalue weighted by molar-refractivity contribution is 0.114. The van der Waals surface area contributed by atoms with Gasteiger partial charge in [0.1, 0.15) is 12.4 Å². The molecule has 0 saturated heterocycles. The Kier molecular flexibility index (Phi) is 4.05. The molecule has 0 radical (unpaired) electrons. The van der Waals surface area contributed by atoms with E-state index < -0.39 is 6.03 Å². The number of aromatic amines is 1. The van der Waals surface area contributed by atoms with Gasteiger partial charge in [-0.3, -0.25) is 10.2 Å². The zero-order valence-electron chi connectivity index (χ0n) is 12.0. The fourth-order valence-electron chi connectivity index (χ4n) is 2.18. The van der Waals surface area contributed by atoms with Gasteiger partial charge in [0.05, 0.1) is 32.2 Å². The molecule has 9 nitrogen and oxygen atoms in total. The maximum Gasteiger partial charge on any atom is 0.344 e. The van der Waals surface area contributed by atoms with Crippen LogP contribution in [0.5, 0.6) is 5.75 Å². The fourth-order valence-corrected chi connectivity index (χ4v) is 2.18. The average Bonchev–Trinajstić information content (AvgIpc) is 3.01. The molecule has 22 heavy (non-hydrogen) atoms. The third-order valence-electron chi connectivity index (χ3n) is 3.10. The number of amides is 2. The molecular formula is C13H16N6O3. The minimum atomic E-state index is -0.495. The number of fused-ring (bicyclic) bond motifs is 1. The number of pyridine rings is 1. The molecule has 1 aliphatic rings. The Balaban J connectivity index is 1.79. The number of rotatable bonds is 4. The molecular weight excluding hydrogens is 288 g/mol. The summed E-state index contributed by atoms with van der Waals surface area (Å²) in [5.41, 5.74) is 3.08. The summed E-state index contributed by atoms with van der Waals surface area (Å²) in [5.74, 6) is 1.76. The minimum Gasteiger partial charge on any atom is -0.488 e. The zero-order chi connectivity index (χ0) is 15.4. The van der Waals surface area contributed by atoms with E-state index in [2.05, 4.69) is 35.5 Å². The van der Waals surface area contributed by atoms with E-state index in [0.29, 0.717) is 37.1 Å². The number of anilines is 2. The lowest BCUT2D eigenvalue weighted by Gasteiger charge is -2.29.